The number of rotatable bonds is 2. The van der Waals surface area contributed by atoms with Crippen molar-refractivity contribution in [1.82, 2.24) is 15.1 Å². The van der Waals surface area contributed by atoms with Gasteiger partial charge in [-0.25, -0.2) is 0 Å². The largest absolute Gasteiger partial charge is 0.314 e. The van der Waals surface area contributed by atoms with Crippen LogP contribution in [0.3, 0.4) is 0 Å². The van der Waals surface area contributed by atoms with Gasteiger partial charge in [0.2, 0.25) is 0 Å². The Kier molecular flexibility index (Phi) is 11.6. The molecule has 19 heavy (non-hydrogen) atoms. The summed E-state index contributed by atoms with van der Waals surface area (Å²) in [6, 6.07) is 1.59. The number of nitrogens with one attached hydrogen (secondary N) is 1. The molecule has 0 aromatic heterocycles. The first kappa shape index (κ1) is 18.9. The fourth-order valence-electron chi connectivity index (χ4n) is 2.81. The molecule has 0 bridgehead atoms. The van der Waals surface area contributed by atoms with E-state index in [-0.39, 0.29) is 0 Å². The van der Waals surface area contributed by atoms with Crippen molar-refractivity contribution >= 4 is 0 Å². The summed E-state index contributed by atoms with van der Waals surface area (Å²) >= 11 is 0. The maximum Gasteiger partial charge on any atom is 0.0121 e. The van der Waals surface area contributed by atoms with Gasteiger partial charge in [-0.3, -0.25) is 4.90 Å². The standard InChI is InChI=1S/C12H25N3.2C2H6/c1-11(2)14-7-3-12(4-8-14)15-9-5-13-6-10-15;2*1-2/h11-13H,3-10H2,1-2H3;2*1-2H3. The summed E-state index contributed by atoms with van der Waals surface area (Å²) in [5.41, 5.74) is 0. The number of piperazine rings is 1. The number of piperidine rings is 1. The minimum Gasteiger partial charge on any atom is -0.314 e. The first-order valence-electron chi connectivity index (χ1n) is 8.46. The van der Waals surface area contributed by atoms with Gasteiger partial charge in [0.15, 0.2) is 0 Å². The second kappa shape index (κ2) is 11.7. The van der Waals surface area contributed by atoms with Crippen molar-refractivity contribution in [2.75, 3.05) is 39.3 Å². The maximum atomic E-state index is 3.43. The highest BCUT2D eigenvalue weighted by molar-refractivity contribution is 4.83. The van der Waals surface area contributed by atoms with E-state index in [0.29, 0.717) is 0 Å². The zero-order chi connectivity index (χ0) is 14.7. The topological polar surface area (TPSA) is 18.5 Å². The van der Waals surface area contributed by atoms with Gasteiger partial charge in [-0.2, -0.15) is 0 Å². The van der Waals surface area contributed by atoms with Crippen molar-refractivity contribution < 1.29 is 0 Å². The SMILES string of the molecule is CC.CC.CC(C)N1CCC(N2CCNCC2)CC1. The molecule has 0 aliphatic carbocycles. The van der Waals surface area contributed by atoms with Crippen molar-refractivity contribution in [3.05, 3.63) is 0 Å². The third-order valence-electron chi connectivity index (χ3n) is 3.90. The number of likely N-dealkylation sites (tertiary alicyclic amines) is 1. The van der Waals surface area contributed by atoms with Crippen LogP contribution in [-0.2, 0) is 0 Å². The Morgan fingerprint density at radius 1 is 0.842 bits per heavy atom. The van der Waals surface area contributed by atoms with Gasteiger partial charge in [0.1, 0.15) is 0 Å². The van der Waals surface area contributed by atoms with E-state index in [1.165, 1.54) is 52.1 Å². The Labute approximate surface area is 121 Å². The lowest BCUT2D eigenvalue weighted by Crippen LogP contribution is -2.52. The van der Waals surface area contributed by atoms with Crippen molar-refractivity contribution in [3.8, 4) is 0 Å². The molecule has 3 nitrogen and oxygen atoms in total. The van der Waals surface area contributed by atoms with Crippen LogP contribution in [0.4, 0.5) is 0 Å². The molecule has 2 fully saturated rings. The van der Waals surface area contributed by atoms with Gasteiger partial charge in [0, 0.05) is 38.3 Å². The van der Waals surface area contributed by atoms with Gasteiger partial charge >= 0.3 is 0 Å². The number of nitrogens with zero attached hydrogens (tertiary/aromatic N) is 2. The maximum absolute atomic E-state index is 3.43. The Balaban J connectivity index is 0.000000741. The zero-order valence-electron chi connectivity index (χ0n) is 14.2. The lowest BCUT2D eigenvalue weighted by atomic mass is 10.0. The molecule has 1 N–H and O–H groups in total. The monoisotopic (exact) mass is 271 g/mol. The summed E-state index contributed by atoms with van der Waals surface area (Å²) < 4.78 is 0. The van der Waals surface area contributed by atoms with Crippen LogP contribution >= 0.6 is 0 Å². The molecule has 0 spiro atoms. The van der Waals surface area contributed by atoms with Crippen LogP contribution in [0.1, 0.15) is 54.4 Å². The Morgan fingerprint density at radius 2 is 1.32 bits per heavy atom. The number of hydrogen-bond donors (Lipinski definition) is 1. The molecule has 0 unspecified atom stereocenters. The van der Waals surface area contributed by atoms with E-state index in [2.05, 4.69) is 29.0 Å². The van der Waals surface area contributed by atoms with Crippen LogP contribution < -0.4 is 5.32 Å². The fraction of sp³-hybridized carbons (Fsp3) is 1.00. The summed E-state index contributed by atoms with van der Waals surface area (Å²) in [5, 5.41) is 3.43. The minimum absolute atomic E-state index is 0.731. The third-order valence-corrected chi connectivity index (χ3v) is 3.90. The average Bonchev–Trinajstić information content (AvgIpc) is 2.52. The molecule has 2 aliphatic rings. The second-order valence-corrected chi connectivity index (χ2v) is 5.15. The molecule has 3 heteroatoms. The lowest BCUT2D eigenvalue weighted by molar-refractivity contribution is 0.0840. The molecule has 0 saturated carbocycles. The van der Waals surface area contributed by atoms with Crippen LogP contribution in [0.2, 0.25) is 0 Å². The van der Waals surface area contributed by atoms with Crippen molar-refractivity contribution in [1.29, 1.82) is 0 Å². The van der Waals surface area contributed by atoms with Crippen LogP contribution in [0, 0.1) is 0 Å². The predicted octanol–water partition coefficient (Wildman–Crippen LogP) is 2.82. The van der Waals surface area contributed by atoms with Gasteiger partial charge in [0.05, 0.1) is 0 Å². The summed E-state index contributed by atoms with van der Waals surface area (Å²) in [4.78, 5) is 5.30. The zero-order valence-corrected chi connectivity index (χ0v) is 14.2. The molecule has 2 aliphatic heterocycles. The fourth-order valence-corrected chi connectivity index (χ4v) is 2.81. The van der Waals surface area contributed by atoms with Gasteiger partial charge in [-0.1, -0.05) is 27.7 Å². The van der Waals surface area contributed by atoms with Crippen molar-refractivity contribution in [3.63, 3.8) is 0 Å². The summed E-state index contributed by atoms with van der Waals surface area (Å²) in [6.07, 6.45) is 2.75. The molecule has 0 amide bonds. The van der Waals surface area contributed by atoms with Crippen LogP contribution in [0.5, 0.6) is 0 Å². The first-order chi connectivity index (χ1) is 9.27. The highest BCUT2D eigenvalue weighted by atomic mass is 15.2. The van der Waals surface area contributed by atoms with E-state index in [1.807, 2.05) is 27.7 Å². The molecule has 2 heterocycles. The van der Waals surface area contributed by atoms with Crippen LogP contribution in [0.15, 0.2) is 0 Å². The van der Waals surface area contributed by atoms with E-state index in [1.54, 1.807) is 0 Å². The predicted molar refractivity (Wildman–Crippen MR) is 86.9 cm³/mol. The second-order valence-electron chi connectivity index (χ2n) is 5.15. The molecule has 0 radical (unpaired) electrons. The molecule has 116 valence electrons. The average molecular weight is 271 g/mol. The molecular weight excluding hydrogens is 234 g/mol. The van der Waals surface area contributed by atoms with E-state index < -0.39 is 0 Å². The molecule has 0 aromatic rings. The molecule has 2 rings (SSSR count). The highest BCUT2D eigenvalue weighted by Crippen LogP contribution is 2.18. The third kappa shape index (κ3) is 6.73. The minimum atomic E-state index is 0.731. The van der Waals surface area contributed by atoms with E-state index in [4.69, 9.17) is 0 Å². The van der Waals surface area contributed by atoms with Gasteiger partial charge < -0.3 is 10.2 Å². The smallest absolute Gasteiger partial charge is 0.0121 e. The van der Waals surface area contributed by atoms with Gasteiger partial charge in [-0.05, 0) is 39.8 Å². The van der Waals surface area contributed by atoms with E-state index in [9.17, 15) is 0 Å². The van der Waals surface area contributed by atoms with Gasteiger partial charge in [0.25, 0.3) is 0 Å². The van der Waals surface area contributed by atoms with Crippen LogP contribution in [-0.4, -0.2) is 61.2 Å². The van der Waals surface area contributed by atoms with Crippen LogP contribution in [0.25, 0.3) is 0 Å². The van der Waals surface area contributed by atoms with Gasteiger partial charge in [-0.15, -0.1) is 0 Å². The first-order valence-corrected chi connectivity index (χ1v) is 8.46. The summed E-state index contributed by atoms with van der Waals surface area (Å²) in [6.45, 7) is 20.1. The Morgan fingerprint density at radius 3 is 1.74 bits per heavy atom. The molecular formula is C16H37N3. The van der Waals surface area contributed by atoms with E-state index >= 15 is 0 Å². The van der Waals surface area contributed by atoms with Crippen molar-refractivity contribution in [2.45, 2.75) is 66.5 Å². The Hall–Kier alpha value is -0.120. The number of hydrogen-bond acceptors (Lipinski definition) is 3. The van der Waals surface area contributed by atoms with E-state index in [0.717, 1.165) is 12.1 Å². The normalized spacial score (nSPS) is 22.3. The molecule has 0 aromatic carbocycles. The molecule has 0 atom stereocenters. The summed E-state index contributed by atoms with van der Waals surface area (Å²) in [7, 11) is 0. The molecule has 2 saturated heterocycles. The summed E-state index contributed by atoms with van der Waals surface area (Å²) in [5.74, 6) is 0. The van der Waals surface area contributed by atoms with Crippen molar-refractivity contribution in [2.24, 2.45) is 0 Å². The quantitative estimate of drug-likeness (QED) is 0.833. The Bertz CT molecular complexity index is 180. The highest BCUT2D eigenvalue weighted by Gasteiger charge is 2.25. The lowest BCUT2D eigenvalue weighted by Gasteiger charge is -2.41.